The fourth-order valence-corrected chi connectivity index (χ4v) is 1.81. The third-order valence-electron chi connectivity index (χ3n) is 2.87. The molecule has 0 bridgehead atoms. The number of fused-ring (bicyclic) bond motifs is 1. The molecular formula is C11H17N5O3. The van der Waals surface area contributed by atoms with Crippen LogP contribution < -0.4 is 10.5 Å². The van der Waals surface area contributed by atoms with E-state index < -0.39 is 0 Å². The minimum atomic E-state index is -0.210. The van der Waals surface area contributed by atoms with Crippen molar-refractivity contribution in [2.75, 3.05) is 26.6 Å². The highest BCUT2D eigenvalue weighted by Gasteiger charge is 2.13. The second-order valence-corrected chi connectivity index (χ2v) is 4.03. The van der Waals surface area contributed by atoms with Crippen molar-refractivity contribution in [1.29, 1.82) is 0 Å². The van der Waals surface area contributed by atoms with Crippen LogP contribution in [0.1, 0.15) is 6.42 Å². The number of methoxy groups -OCH3 is 2. The van der Waals surface area contributed by atoms with Gasteiger partial charge in [0.15, 0.2) is 11.2 Å². The number of hydrogen-bond donors (Lipinski definition) is 2. The monoisotopic (exact) mass is 267 g/mol. The molecule has 0 aliphatic heterocycles. The van der Waals surface area contributed by atoms with Crippen LogP contribution in [0.5, 0.6) is 5.88 Å². The average molecular weight is 267 g/mol. The lowest BCUT2D eigenvalue weighted by molar-refractivity contribution is 0.0405. The molecule has 2 rings (SSSR count). The number of aliphatic hydroxyl groups excluding tert-OH is 1. The van der Waals surface area contributed by atoms with Crippen LogP contribution in [0.2, 0.25) is 0 Å². The zero-order chi connectivity index (χ0) is 13.8. The first-order valence-corrected chi connectivity index (χ1v) is 5.85. The first-order chi connectivity index (χ1) is 9.19. The van der Waals surface area contributed by atoms with E-state index in [1.54, 1.807) is 13.4 Å². The van der Waals surface area contributed by atoms with Crippen LogP contribution in [-0.4, -0.2) is 51.6 Å². The van der Waals surface area contributed by atoms with Gasteiger partial charge in [0.25, 0.3) is 0 Å². The van der Waals surface area contributed by atoms with Gasteiger partial charge in [-0.25, -0.2) is 4.98 Å². The SMILES string of the molecule is COc1nc(N)nc2c1ncn2CCC(CO)OC. The predicted octanol–water partition coefficient (Wildman–Crippen LogP) is -0.186. The van der Waals surface area contributed by atoms with Crippen molar-refractivity contribution in [3.8, 4) is 5.88 Å². The van der Waals surface area contributed by atoms with Crippen molar-refractivity contribution >= 4 is 17.1 Å². The third kappa shape index (κ3) is 2.74. The van der Waals surface area contributed by atoms with Gasteiger partial charge in [0, 0.05) is 13.7 Å². The van der Waals surface area contributed by atoms with Gasteiger partial charge in [-0.1, -0.05) is 0 Å². The lowest BCUT2D eigenvalue weighted by Gasteiger charge is -2.12. The van der Waals surface area contributed by atoms with Gasteiger partial charge in [0.2, 0.25) is 11.8 Å². The summed E-state index contributed by atoms with van der Waals surface area (Å²) in [6.07, 6.45) is 2.08. The summed E-state index contributed by atoms with van der Waals surface area (Å²) in [5, 5.41) is 9.08. The number of nitrogen functional groups attached to an aromatic ring is 1. The zero-order valence-electron chi connectivity index (χ0n) is 10.9. The van der Waals surface area contributed by atoms with E-state index in [0.717, 1.165) is 0 Å². The largest absolute Gasteiger partial charge is 0.479 e. The number of aromatic nitrogens is 4. The Morgan fingerprint density at radius 3 is 2.84 bits per heavy atom. The number of hydrogen-bond acceptors (Lipinski definition) is 7. The van der Waals surface area contributed by atoms with E-state index in [2.05, 4.69) is 15.0 Å². The number of aliphatic hydroxyl groups is 1. The summed E-state index contributed by atoms with van der Waals surface area (Å²) < 4.78 is 12.1. The van der Waals surface area contributed by atoms with E-state index in [9.17, 15) is 0 Å². The number of imidazole rings is 1. The minimum absolute atomic E-state index is 0.0242. The lowest BCUT2D eigenvalue weighted by Crippen LogP contribution is -2.18. The highest BCUT2D eigenvalue weighted by Crippen LogP contribution is 2.21. The van der Waals surface area contributed by atoms with Crippen molar-refractivity contribution < 1.29 is 14.6 Å². The molecule has 2 heterocycles. The molecule has 0 spiro atoms. The number of ether oxygens (including phenoxy) is 2. The molecule has 8 nitrogen and oxygen atoms in total. The molecule has 19 heavy (non-hydrogen) atoms. The second-order valence-electron chi connectivity index (χ2n) is 4.03. The number of rotatable bonds is 6. The topological polar surface area (TPSA) is 108 Å². The second kappa shape index (κ2) is 5.81. The van der Waals surface area contributed by atoms with Crippen molar-refractivity contribution in [2.24, 2.45) is 0 Å². The van der Waals surface area contributed by atoms with E-state index in [1.807, 2.05) is 4.57 Å². The maximum absolute atomic E-state index is 9.08. The van der Waals surface area contributed by atoms with Gasteiger partial charge in [-0.15, -0.1) is 0 Å². The van der Waals surface area contributed by atoms with Crippen LogP contribution in [0.4, 0.5) is 5.95 Å². The highest BCUT2D eigenvalue weighted by atomic mass is 16.5. The summed E-state index contributed by atoms with van der Waals surface area (Å²) >= 11 is 0. The Balaban J connectivity index is 2.27. The molecule has 3 N–H and O–H groups in total. The fraction of sp³-hybridized carbons (Fsp3) is 0.545. The highest BCUT2D eigenvalue weighted by molar-refractivity contribution is 5.77. The Kier molecular flexibility index (Phi) is 4.13. The molecule has 2 aromatic heterocycles. The Bertz CT molecular complexity index is 552. The molecule has 0 radical (unpaired) electrons. The van der Waals surface area contributed by atoms with E-state index >= 15 is 0 Å². The van der Waals surface area contributed by atoms with E-state index in [4.69, 9.17) is 20.3 Å². The van der Waals surface area contributed by atoms with Crippen molar-refractivity contribution in [3.63, 3.8) is 0 Å². The van der Waals surface area contributed by atoms with Gasteiger partial charge < -0.3 is 24.9 Å². The maximum atomic E-state index is 9.08. The lowest BCUT2D eigenvalue weighted by atomic mass is 10.2. The predicted molar refractivity (Wildman–Crippen MR) is 68.8 cm³/mol. The van der Waals surface area contributed by atoms with E-state index in [-0.39, 0.29) is 18.7 Å². The summed E-state index contributed by atoms with van der Waals surface area (Å²) in [5.41, 5.74) is 6.80. The first kappa shape index (κ1) is 13.5. The molecular weight excluding hydrogens is 250 g/mol. The number of nitrogens with two attached hydrogens (primary N) is 1. The molecule has 0 aliphatic carbocycles. The molecule has 0 saturated carbocycles. The number of nitrogens with zero attached hydrogens (tertiary/aromatic N) is 4. The summed E-state index contributed by atoms with van der Waals surface area (Å²) in [6.45, 7) is 0.582. The van der Waals surface area contributed by atoms with Crippen molar-refractivity contribution in [1.82, 2.24) is 19.5 Å². The maximum Gasteiger partial charge on any atom is 0.246 e. The summed E-state index contributed by atoms with van der Waals surface area (Å²) in [4.78, 5) is 12.3. The van der Waals surface area contributed by atoms with Gasteiger partial charge in [-0.2, -0.15) is 9.97 Å². The normalized spacial score (nSPS) is 12.8. The average Bonchev–Trinajstić information content (AvgIpc) is 2.82. The van der Waals surface area contributed by atoms with Gasteiger partial charge >= 0.3 is 0 Å². The molecule has 0 aromatic carbocycles. The van der Waals surface area contributed by atoms with Gasteiger partial charge in [-0.3, -0.25) is 0 Å². The Morgan fingerprint density at radius 1 is 1.42 bits per heavy atom. The van der Waals surface area contributed by atoms with Crippen LogP contribution in [0, 0.1) is 0 Å². The molecule has 0 amide bonds. The number of anilines is 1. The van der Waals surface area contributed by atoms with Crippen molar-refractivity contribution in [2.45, 2.75) is 19.1 Å². The van der Waals surface area contributed by atoms with Crippen LogP contribution in [0.3, 0.4) is 0 Å². The third-order valence-corrected chi connectivity index (χ3v) is 2.87. The Labute approximate surface area is 110 Å². The van der Waals surface area contributed by atoms with Crippen LogP contribution in [0.15, 0.2) is 6.33 Å². The first-order valence-electron chi connectivity index (χ1n) is 5.85. The van der Waals surface area contributed by atoms with Gasteiger partial charge in [0.1, 0.15) is 0 Å². The van der Waals surface area contributed by atoms with Gasteiger partial charge in [0.05, 0.1) is 26.1 Å². The molecule has 1 unspecified atom stereocenters. The molecule has 1 atom stereocenters. The van der Waals surface area contributed by atoms with Crippen LogP contribution in [-0.2, 0) is 11.3 Å². The van der Waals surface area contributed by atoms with Gasteiger partial charge in [-0.05, 0) is 6.42 Å². The smallest absolute Gasteiger partial charge is 0.246 e. The zero-order valence-corrected chi connectivity index (χ0v) is 10.9. The summed E-state index contributed by atoms with van der Waals surface area (Å²) in [6, 6.07) is 0. The minimum Gasteiger partial charge on any atom is -0.479 e. The molecule has 0 fully saturated rings. The van der Waals surface area contributed by atoms with Crippen LogP contribution >= 0.6 is 0 Å². The summed E-state index contributed by atoms with van der Waals surface area (Å²) in [7, 11) is 3.07. The number of aryl methyl sites for hydroxylation is 1. The summed E-state index contributed by atoms with van der Waals surface area (Å²) in [5.74, 6) is 0.489. The van der Waals surface area contributed by atoms with Crippen molar-refractivity contribution in [3.05, 3.63) is 6.33 Å². The molecule has 0 aliphatic rings. The van der Waals surface area contributed by atoms with E-state index in [0.29, 0.717) is 30.0 Å². The molecule has 2 aromatic rings. The van der Waals surface area contributed by atoms with E-state index in [1.165, 1.54) is 7.11 Å². The van der Waals surface area contributed by atoms with Crippen LogP contribution in [0.25, 0.3) is 11.2 Å². The Morgan fingerprint density at radius 2 is 2.21 bits per heavy atom. The quantitative estimate of drug-likeness (QED) is 0.747. The molecule has 0 saturated heterocycles. The standard InChI is InChI=1S/C11H17N5O3/c1-18-7(5-17)3-4-16-6-13-8-9(16)14-11(12)15-10(8)19-2/h6-7,17H,3-5H2,1-2H3,(H2,12,14,15). The fourth-order valence-electron chi connectivity index (χ4n) is 1.81. The molecule has 8 heteroatoms. The molecule has 104 valence electrons. The Hall–Kier alpha value is -1.93.